The lowest BCUT2D eigenvalue weighted by Gasteiger charge is -2.21. The minimum atomic E-state index is -4.03. The summed E-state index contributed by atoms with van der Waals surface area (Å²) in [5, 5.41) is 10.3. The number of benzene rings is 3. The van der Waals surface area contributed by atoms with Crippen LogP contribution in [0.15, 0.2) is 72.8 Å². The normalized spacial score (nSPS) is 12.0. The minimum Gasteiger partial charge on any atom is -0.493 e. The first-order chi connectivity index (χ1) is 17.4. The molecule has 3 rings (SSSR count). The Labute approximate surface area is 216 Å². The second-order valence-corrected chi connectivity index (χ2v) is 10.4. The van der Waals surface area contributed by atoms with Gasteiger partial charge in [-0.05, 0) is 59.5 Å². The van der Waals surface area contributed by atoms with Crippen LogP contribution in [0, 0.1) is 17.2 Å². The van der Waals surface area contributed by atoms with Crippen molar-refractivity contribution in [1.82, 2.24) is 0 Å². The third-order valence-electron chi connectivity index (χ3n) is 5.56. The van der Waals surface area contributed by atoms with Gasteiger partial charge in [0, 0.05) is 11.3 Å². The molecule has 3 aromatic carbocycles. The minimum absolute atomic E-state index is 0.0142. The summed E-state index contributed by atoms with van der Waals surface area (Å²) in [6.07, 6.45) is 0.799. The first-order valence-corrected chi connectivity index (χ1v) is 13.3. The lowest BCUT2D eigenvalue weighted by atomic mass is 9.95. The average Bonchev–Trinajstić information content (AvgIpc) is 2.83. The van der Waals surface area contributed by atoms with E-state index < -0.39 is 22.0 Å². The third-order valence-corrected chi connectivity index (χ3v) is 6.01. The molecule has 37 heavy (non-hydrogen) atoms. The van der Waals surface area contributed by atoms with Crippen LogP contribution >= 0.6 is 0 Å². The van der Waals surface area contributed by atoms with E-state index in [9.17, 15) is 18.0 Å². The molecule has 0 radical (unpaired) electrons. The monoisotopic (exact) mass is 523 g/mol. The van der Waals surface area contributed by atoms with Gasteiger partial charge in [0.05, 0.1) is 17.7 Å². The maximum Gasteiger partial charge on any atom is 0.354 e. The van der Waals surface area contributed by atoms with Crippen molar-refractivity contribution >= 4 is 33.5 Å². The van der Waals surface area contributed by atoms with Crippen LogP contribution in [0.1, 0.15) is 29.8 Å². The van der Waals surface area contributed by atoms with Crippen LogP contribution in [0.4, 0.5) is 5.69 Å². The number of ether oxygens (including phenoxy) is 1. The second-order valence-electron chi connectivity index (χ2n) is 8.79. The van der Waals surface area contributed by atoms with Gasteiger partial charge >= 0.3 is 16.1 Å². The first kappa shape index (κ1) is 27.4. The van der Waals surface area contributed by atoms with Crippen molar-refractivity contribution in [2.75, 3.05) is 18.2 Å². The Bertz CT molecular complexity index is 1390. The fourth-order valence-corrected chi connectivity index (χ4v) is 3.92. The van der Waals surface area contributed by atoms with Gasteiger partial charge in [0.15, 0.2) is 0 Å². The SMILES string of the molecule is CC(C)C(COc1ccc(-c2ccccc2)c(C(=O)OS(C)(=O)=O)c1)C(=O)Nc1ccc(C(=N)N)cc1. The molecule has 1 atom stereocenters. The highest BCUT2D eigenvalue weighted by atomic mass is 32.2. The summed E-state index contributed by atoms with van der Waals surface area (Å²) in [5.41, 5.74) is 7.77. The van der Waals surface area contributed by atoms with Gasteiger partial charge in [0.25, 0.3) is 0 Å². The average molecular weight is 524 g/mol. The Morgan fingerprint density at radius 1 is 1.00 bits per heavy atom. The van der Waals surface area contributed by atoms with E-state index in [0.29, 0.717) is 22.4 Å². The Hall–Kier alpha value is -4.18. The standard InChI is InChI=1S/C27H29N3O6S/c1-17(2)24(26(31)30-20-11-9-19(10-12-20)25(28)29)16-35-21-13-14-22(18-7-5-4-6-8-18)23(15-21)27(32)36-37(3,33)34/h4-15,17,24H,16H2,1-3H3,(H3,28,29)(H,30,31). The number of anilines is 1. The smallest absolute Gasteiger partial charge is 0.354 e. The van der Waals surface area contributed by atoms with Crippen LogP contribution in [0.25, 0.3) is 11.1 Å². The van der Waals surface area contributed by atoms with Crippen molar-refractivity contribution in [2.24, 2.45) is 17.6 Å². The van der Waals surface area contributed by atoms with Crippen LogP contribution in [-0.4, -0.2) is 39.0 Å². The molecule has 0 saturated heterocycles. The summed E-state index contributed by atoms with van der Waals surface area (Å²) in [6, 6.07) is 20.3. The number of carbonyl (C=O) groups is 2. The van der Waals surface area contributed by atoms with Crippen molar-refractivity contribution in [1.29, 1.82) is 5.41 Å². The number of nitrogens with two attached hydrogens (primary N) is 1. The molecule has 0 aromatic heterocycles. The summed E-state index contributed by atoms with van der Waals surface area (Å²) in [4.78, 5) is 25.7. The van der Waals surface area contributed by atoms with E-state index in [2.05, 4.69) is 9.50 Å². The number of carbonyl (C=O) groups excluding carboxylic acids is 2. The van der Waals surface area contributed by atoms with Gasteiger partial charge in [0.1, 0.15) is 18.2 Å². The second kappa shape index (κ2) is 11.7. The van der Waals surface area contributed by atoms with Gasteiger partial charge in [-0.3, -0.25) is 10.2 Å². The van der Waals surface area contributed by atoms with Crippen LogP contribution in [-0.2, 0) is 19.1 Å². The zero-order chi connectivity index (χ0) is 27.2. The highest BCUT2D eigenvalue weighted by Gasteiger charge is 2.25. The molecule has 0 aliphatic carbocycles. The molecule has 9 nitrogen and oxygen atoms in total. The Morgan fingerprint density at radius 3 is 2.22 bits per heavy atom. The molecule has 4 N–H and O–H groups in total. The number of hydrogen-bond donors (Lipinski definition) is 3. The van der Waals surface area contributed by atoms with Gasteiger partial charge in [0.2, 0.25) is 5.91 Å². The van der Waals surface area contributed by atoms with Gasteiger partial charge in [-0.15, -0.1) is 0 Å². The van der Waals surface area contributed by atoms with E-state index in [4.69, 9.17) is 15.9 Å². The molecule has 0 spiro atoms. The largest absolute Gasteiger partial charge is 0.493 e. The van der Waals surface area contributed by atoms with Gasteiger partial charge < -0.3 is 20.0 Å². The quantitative estimate of drug-likeness (QED) is 0.206. The lowest BCUT2D eigenvalue weighted by molar-refractivity contribution is -0.122. The van der Waals surface area contributed by atoms with Crippen molar-refractivity contribution in [2.45, 2.75) is 13.8 Å². The fourth-order valence-electron chi connectivity index (χ4n) is 3.56. The zero-order valence-corrected chi connectivity index (χ0v) is 21.5. The number of rotatable bonds is 10. The van der Waals surface area contributed by atoms with E-state index >= 15 is 0 Å². The number of amidine groups is 1. The zero-order valence-electron chi connectivity index (χ0n) is 20.7. The Morgan fingerprint density at radius 2 is 1.65 bits per heavy atom. The van der Waals surface area contributed by atoms with E-state index in [0.717, 1.165) is 6.26 Å². The van der Waals surface area contributed by atoms with Gasteiger partial charge in [-0.2, -0.15) is 8.42 Å². The maximum absolute atomic E-state index is 13.0. The molecule has 0 aliphatic heterocycles. The number of amides is 1. The van der Waals surface area contributed by atoms with Crippen molar-refractivity contribution in [3.63, 3.8) is 0 Å². The lowest BCUT2D eigenvalue weighted by Crippen LogP contribution is -2.32. The first-order valence-electron chi connectivity index (χ1n) is 11.5. The fraction of sp³-hybridized carbons (Fsp3) is 0.222. The molecular formula is C27H29N3O6S. The molecule has 0 saturated carbocycles. The van der Waals surface area contributed by atoms with Crippen LogP contribution < -0.4 is 15.8 Å². The molecule has 10 heteroatoms. The van der Waals surface area contributed by atoms with E-state index in [1.807, 2.05) is 19.9 Å². The van der Waals surface area contributed by atoms with Crippen LogP contribution in [0.2, 0.25) is 0 Å². The molecule has 0 fully saturated rings. The summed E-state index contributed by atoms with van der Waals surface area (Å²) in [7, 11) is -4.03. The summed E-state index contributed by atoms with van der Waals surface area (Å²) >= 11 is 0. The predicted molar refractivity (Wildman–Crippen MR) is 142 cm³/mol. The molecule has 0 bridgehead atoms. The topological polar surface area (TPSA) is 149 Å². The van der Waals surface area contributed by atoms with Gasteiger partial charge in [-0.1, -0.05) is 44.2 Å². The molecular weight excluding hydrogens is 494 g/mol. The highest BCUT2D eigenvalue weighted by Crippen LogP contribution is 2.29. The molecule has 1 amide bonds. The van der Waals surface area contributed by atoms with Crippen LogP contribution in [0.3, 0.4) is 0 Å². The maximum atomic E-state index is 13.0. The molecule has 0 aliphatic rings. The third kappa shape index (κ3) is 7.65. The number of hydrogen-bond acceptors (Lipinski definition) is 7. The molecule has 194 valence electrons. The van der Waals surface area contributed by atoms with E-state index in [1.54, 1.807) is 60.7 Å². The highest BCUT2D eigenvalue weighted by molar-refractivity contribution is 7.86. The number of nitrogens with one attached hydrogen (secondary N) is 2. The van der Waals surface area contributed by atoms with Crippen molar-refractivity contribution < 1.29 is 26.9 Å². The molecule has 3 aromatic rings. The predicted octanol–water partition coefficient (Wildman–Crippen LogP) is 4.04. The van der Waals surface area contributed by atoms with Crippen molar-refractivity contribution in [3.8, 4) is 16.9 Å². The summed E-state index contributed by atoms with van der Waals surface area (Å²) in [5.74, 6) is -1.68. The van der Waals surface area contributed by atoms with E-state index in [-0.39, 0.29) is 35.6 Å². The Balaban J connectivity index is 1.80. The summed E-state index contributed by atoms with van der Waals surface area (Å²) < 4.78 is 33.7. The summed E-state index contributed by atoms with van der Waals surface area (Å²) in [6.45, 7) is 3.79. The van der Waals surface area contributed by atoms with Crippen LogP contribution in [0.5, 0.6) is 5.75 Å². The van der Waals surface area contributed by atoms with Crippen molar-refractivity contribution in [3.05, 3.63) is 83.9 Å². The van der Waals surface area contributed by atoms with Gasteiger partial charge in [-0.25, -0.2) is 4.79 Å². The Kier molecular flexibility index (Phi) is 8.67. The number of nitrogen functional groups attached to an aromatic ring is 1. The molecule has 0 heterocycles. The van der Waals surface area contributed by atoms with E-state index in [1.165, 1.54) is 6.07 Å². The molecule has 1 unspecified atom stereocenters.